The van der Waals surface area contributed by atoms with Gasteiger partial charge in [0.25, 0.3) is 5.78 Å². The summed E-state index contributed by atoms with van der Waals surface area (Å²) in [6.07, 6.45) is 4.89. The van der Waals surface area contributed by atoms with Crippen molar-refractivity contribution < 1.29 is 14.3 Å². The second kappa shape index (κ2) is 11.1. The van der Waals surface area contributed by atoms with Gasteiger partial charge in [0, 0.05) is 4.90 Å². The van der Waals surface area contributed by atoms with Gasteiger partial charge in [0.1, 0.15) is 0 Å². The van der Waals surface area contributed by atoms with Crippen molar-refractivity contribution in [3.05, 3.63) is 42.0 Å². The molecular weight excluding hydrogens is 320 g/mol. The van der Waals surface area contributed by atoms with Crippen molar-refractivity contribution in [3.8, 4) is 0 Å². The maximum atomic E-state index is 12.4. The van der Waals surface area contributed by atoms with Gasteiger partial charge < -0.3 is 4.74 Å². The number of hydrogen-bond acceptors (Lipinski definition) is 4. The molecule has 0 radical (unpaired) electrons. The highest BCUT2D eigenvalue weighted by Crippen LogP contribution is 2.30. The van der Waals surface area contributed by atoms with Crippen LogP contribution in [0.2, 0.25) is 0 Å². The average Bonchev–Trinajstić information content (AvgIpc) is 2.54. The summed E-state index contributed by atoms with van der Waals surface area (Å²) >= 11 is 1.45. The van der Waals surface area contributed by atoms with Crippen LogP contribution in [0.15, 0.2) is 46.9 Å². The van der Waals surface area contributed by atoms with Crippen molar-refractivity contribution in [2.75, 3.05) is 6.61 Å². The van der Waals surface area contributed by atoms with Gasteiger partial charge in [-0.3, -0.25) is 4.79 Å². The lowest BCUT2D eigenvalue weighted by atomic mass is 9.97. The molecule has 3 nitrogen and oxygen atoms in total. The van der Waals surface area contributed by atoms with Crippen molar-refractivity contribution in [3.63, 3.8) is 0 Å². The summed E-state index contributed by atoms with van der Waals surface area (Å²) in [6, 6.07) is 9.74. The number of allylic oxidation sites excluding steroid dienone is 2. The smallest absolute Gasteiger partial charge is 0.375 e. The minimum absolute atomic E-state index is 0.226. The van der Waals surface area contributed by atoms with Crippen LogP contribution in [0.25, 0.3) is 0 Å². The summed E-state index contributed by atoms with van der Waals surface area (Å²) < 4.78 is 4.91. The van der Waals surface area contributed by atoms with Crippen LogP contribution in [0.5, 0.6) is 0 Å². The first-order valence-corrected chi connectivity index (χ1v) is 9.38. The number of carbonyl (C=O) groups is 2. The molecule has 0 aliphatic heterocycles. The van der Waals surface area contributed by atoms with E-state index in [9.17, 15) is 9.59 Å². The molecule has 0 N–H and O–H groups in total. The number of ketones is 1. The molecule has 0 spiro atoms. The Morgan fingerprint density at radius 3 is 2.46 bits per heavy atom. The number of benzene rings is 1. The highest BCUT2D eigenvalue weighted by Gasteiger charge is 2.28. The molecule has 24 heavy (non-hydrogen) atoms. The number of esters is 1. The van der Waals surface area contributed by atoms with E-state index in [1.807, 2.05) is 30.3 Å². The molecule has 0 aliphatic carbocycles. The van der Waals surface area contributed by atoms with Gasteiger partial charge in [-0.2, -0.15) is 0 Å². The zero-order valence-electron chi connectivity index (χ0n) is 15.1. The van der Waals surface area contributed by atoms with Gasteiger partial charge in [-0.15, -0.1) is 11.8 Å². The van der Waals surface area contributed by atoms with Crippen LogP contribution in [0.1, 0.15) is 47.0 Å². The topological polar surface area (TPSA) is 43.4 Å². The maximum absolute atomic E-state index is 12.4. The molecule has 0 bridgehead atoms. The molecule has 0 amide bonds. The Morgan fingerprint density at radius 1 is 1.21 bits per heavy atom. The zero-order chi connectivity index (χ0) is 17.9. The van der Waals surface area contributed by atoms with Crippen molar-refractivity contribution in [1.82, 2.24) is 0 Å². The molecule has 132 valence electrons. The number of thioether (sulfide) groups is 1. The van der Waals surface area contributed by atoms with Gasteiger partial charge >= 0.3 is 5.97 Å². The first-order chi connectivity index (χ1) is 11.4. The van der Waals surface area contributed by atoms with Gasteiger partial charge in [-0.1, -0.05) is 36.8 Å². The summed E-state index contributed by atoms with van der Waals surface area (Å²) in [7, 11) is 0. The fraction of sp³-hybridized carbons (Fsp3) is 0.500. The summed E-state index contributed by atoms with van der Waals surface area (Å²) in [5, 5.41) is -0.395. The van der Waals surface area contributed by atoms with Crippen molar-refractivity contribution in [2.24, 2.45) is 5.92 Å². The Balaban J connectivity index is 2.74. The maximum Gasteiger partial charge on any atom is 0.375 e. The molecule has 1 rings (SSSR count). The summed E-state index contributed by atoms with van der Waals surface area (Å²) in [6.45, 7) is 8.25. The predicted molar refractivity (Wildman–Crippen MR) is 100 cm³/mol. The van der Waals surface area contributed by atoms with Crippen molar-refractivity contribution in [2.45, 2.75) is 57.1 Å². The molecule has 2 atom stereocenters. The quantitative estimate of drug-likeness (QED) is 0.257. The van der Waals surface area contributed by atoms with Crippen LogP contribution in [-0.2, 0) is 14.3 Å². The first-order valence-electron chi connectivity index (χ1n) is 8.50. The highest BCUT2D eigenvalue weighted by molar-refractivity contribution is 8.00. The third-order valence-corrected chi connectivity index (χ3v) is 4.85. The Bertz CT molecular complexity index is 547. The van der Waals surface area contributed by atoms with Crippen molar-refractivity contribution in [1.29, 1.82) is 0 Å². The lowest BCUT2D eigenvalue weighted by Gasteiger charge is -2.19. The molecule has 0 fully saturated rings. The fourth-order valence-corrected chi connectivity index (χ4v) is 3.62. The van der Waals surface area contributed by atoms with Gasteiger partial charge in [0.15, 0.2) is 0 Å². The monoisotopic (exact) mass is 348 g/mol. The Morgan fingerprint density at radius 2 is 1.88 bits per heavy atom. The van der Waals surface area contributed by atoms with Crippen LogP contribution >= 0.6 is 11.8 Å². The molecule has 0 aromatic heterocycles. The van der Waals surface area contributed by atoms with E-state index in [0.29, 0.717) is 12.3 Å². The molecule has 1 aromatic carbocycles. The molecule has 2 unspecified atom stereocenters. The SMILES string of the molecule is CCOC(=O)C(=O)C(CC(C)CCC=C(C)C)Sc1ccccc1. The van der Waals surface area contributed by atoms with E-state index in [-0.39, 0.29) is 6.61 Å². The van der Waals surface area contributed by atoms with E-state index in [4.69, 9.17) is 4.74 Å². The summed E-state index contributed by atoms with van der Waals surface area (Å²) in [4.78, 5) is 25.3. The van der Waals surface area contributed by atoms with Crippen LogP contribution in [-0.4, -0.2) is 23.6 Å². The lowest BCUT2D eigenvalue weighted by Crippen LogP contribution is -2.29. The molecular formula is C20H28O3S. The number of ether oxygens (including phenoxy) is 1. The minimum Gasteiger partial charge on any atom is -0.460 e. The average molecular weight is 349 g/mol. The molecule has 0 heterocycles. The largest absolute Gasteiger partial charge is 0.460 e. The Labute approximate surface area is 149 Å². The number of Topliss-reactive ketones (excluding diaryl/α,β-unsaturated/α-hetero) is 1. The standard InChI is InChI=1S/C20H28O3S/c1-5-23-20(22)19(21)18(24-17-12-7-6-8-13-17)14-16(4)11-9-10-15(2)3/h6-8,10,12-13,16,18H,5,9,11,14H2,1-4H3. The van der Waals surface area contributed by atoms with E-state index in [1.165, 1.54) is 17.3 Å². The number of rotatable bonds is 10. The van der Waals surface area contributed by atoms with Crippen LogP contribution in [0.4, 0.5) is 0 Å². The fourth-order valence-electron chi connectivity index (χ4n) is 2.35. The van der Waals surface area contributed by atoms with Crippen LogP contribution in [0, 0.1) is 5.92 Å². The van der Waals surface area contributed by atoms with Gasteiger partial charge in [-0.25, -0.2) is 4.79 Å². The molecule has 0 saturated heterocycles. The van der Waals surface area contributed by atoms with E-state index in [2.05, 4.69) is 26.8 Å². The van der Waals surface area contributed by atoms with Crippen LogP contribution in [0.3, 0.4) is 0 Å². The third kappa shape index (κ3) is 7.82. The van der Waals surface area contributed by atoms with Crippen molar-refractivity contribution >= 4 is 23.5 Å². The second-order valence-electron chi connectivity index (χ2n) is 6.20. The van der Waals surface area contributed by atoms with Gasteiger partial charge in [0.2, 0.25) is 0 Å². The van der Waals surface area contributed by atoms with Gasteiger partial charge in [0.05, 0.1) is 11.9 Å². The lowest BCUT2D eigenvalue weighted by molar-refractivity contribution is -0.153. The Hall–Kier alpha value is -1.55. The third-order valence-electron chi connectivity index (χ3n) is 3.62. The predicted octanol–water partition coefficient (Wildman–Crippen LogP) is 5.05. The van der Waals surface area contributed by atoms with E-state index < -0.39 is 17.0 Å². The van der Waals surface area contributed by atoms with Gasteiger partial charge in [-0.05, 0) is 58.1 Å². The molecule has 4 heteroatoms. The summed E-state index contributed by atoms with van der Waals surface area (Å²) in [5.41, 5.74) is 1.31. The van der Waals surface area contributed by atoms with E-state index >= 15 is 0 Å². The summed E-state index contributed by atoms with van der Waals surface area (Å²) in [5.74, 6) is -0.789. The van der Waals surface area contributed by atoms with E-state index in [0.717, 1.165) is 17.7 Å². The molecule has 0 saturated carbocycles. The number of hydrogen-bond donors (Lipinski definition) is 0. The second-order valence-corrected chi connectivity index (χ2v) is 7.48. The van der Waals surface area contributed by atoms with E-state index in [1.54, 1.807) is 6.92 Å². The molecule has 1 aromatic rings. The first kappa shape index (κ1) is 20.5. The van der Waals surface area contributed by atoms with Crippen LogP contribution < -0.4 is 0 Å². The highest BCUT2D eigenvalue weighted by atomic mass is 32.2. The zero-order valence-corrected chi connectivity index (χ0v) is 15.9. The Kier molecular flexibility index (Phi) is 9.46. The minimum atomic E-state index is -0.720. The normalized spacial score (nSPS) is 13.0. The molecule has 0 aliphatic rings. The number of carbonyl (C=O) groups excluding carboxylic acids is 2.